The van der Waals surface area contributed by atoms with Crippen LogP contribution in [0.1, 0.15) is 15.9 Å². The maximum absolute atomic E-state index is 12.3. The second-order valence-corrected chi connectivity index (χ2v) is 4.29. The van der Waals surface area contributed by atoms with Crippen molar-refractivity contribution in [2.24, 2.45) is 0 Å². The van der Waals surface area contributed by atoms with E-state index < -0.39 is 0 Å². The van der Waals surface area contributed by atoms with E-state index in [0.717, 1.165) is 12.1 Å². The Morgan fingerprint density at radius 1 is 1.29 bits per heavy atom. The third kappa shape index (κ3) is 1.63. The van der Waals surface area contributed by atoms with Crippen molar-refractivity contribution >= 4 is 23.2 Å². The fourth-order valence-corrected chi connectivity index (χ4v) is 2.34. The van der Waals surface area contributed by atoms with Crippen LogP contribution >= 0.6 is 11.6 Å². The fraction of sp³-hybridized carbons (Fsp3) is 0.154. The Labute approximate surface area is 104 Å². The maximum atomic E-state index is 12.3. The van der Waals surface area contributed by atoms with Gasteiger partial charge in [0.25, 0.3) is 5.91 Å². The van der Waals surface area contributed by atoms with Gasteiger partial charge in [0.1, 0.15) is 0 Å². The van der Waals surface area contributed by atoms with Gasteiger partial charge in [-0.15, -0.1) is 0 Å². The number of nitrogens with zero attached hydrogens (tertiary/aromatic N) is 1. The SMILES string of the molecule is O=C(c1ccoc1Cl)N1CCc2ccccc21. The van der Waals surface area contributed by atoms with Crippen molar-refractivity contribution in [3.63, 3.8) is 0 Å². The second kappa shape index (κ2) is 3.93. The lowest BCUT2D eigenvalue weighted by Crippen LogP contribution is -2.28. The number of hydrogen-bond acceptors (Lipinski definition) is 2. The lowest BCUT2D eigenvalue weighted by molar-refractivity contribution is 0.0989. The highest BCUT2D eigenvalue weighted by atomic mass is 35.5. The average molecular weight is 248 g/mol. The lowest BCUT2D eigenvalue weighted by Gasteiger charge is -2.16. The molecule has 3 rings (SSSR count). The lowest BCUT2D eigenvalue weighted by atomic mass is 10.2. The largest absolute Gasteiger partial charge is 0.452 e. The molecule has 2 heterocycles. The second-order valence-electron chi connectivity index (χ2n) is 3.94. The van der Waals surface area contributed by atoms with Crippen LogP contribution in [0.15, 0.2) is 41.0 Å². The highest BCUT2D eigenvalue weighted by molar-refractivity contribution is 6.33. The quantitative estimate of drug-likeness (QED) is 0.776. The smallest absolute Gasteiger partial charge is 0.263 e. The molecule has 1 aromatic carbocycles. The van der Waals surface area contributed by atoms with Crippen molar-refractivity contribution in [1.82, 2.24) is 0 Å². The Morgan fingerprint density at radius 2 is 2.12 bits per heavy atom. The summed E-state index contributed by atoms with van der Waals surface area (Å²) < 4.78 is 4.95. The molecule has 0 N–H and O–H groups in total. The zero-order valence-corrected chi connectivity index (χ0v) is 9.78. The van der Waals surface area contributed by atoms with E-state index in [-0.39, 0.29) is 11.1 Å². The summed E-state index contributed by atoms with van der Waals surface area (Å²) in [5, 5.41) is 0.152. The standard InChI is InChI=1S/C13H10ClNO2/c14-12-10(6-8-17-12)13(16)15-7-5-9-3-1-2-4-11(9)15/h1-4,6,8H,5,7H2. The number of carbonyl (C=O) groups is 1. The van der Waals surface area contributed by atoms with Crippen LogP contribution < -0.4 is 4.90 Å². The highest BCUT2D eigenvalue weighted by Gasteiger charge is 2.27. The summed E-state index contributed by atoms with van der Waals surface area (Å²) in [6, 6.07) is 9.51. The summed E-state index contributed by atoms with van der Waals surface area (Å²) in [4.78, 5) is 14.0. The maximum Gasteiger partial charge on any atom is 0.263 e. The predicted molar refractivity (Wildman–Crippen MR) is 65.5 cm³/mol. The van der Waals surface area contributed by atoms with Crippen molar-refractivity contribution < 1.29 is 9.21 Å². The normalized spacial score (nSPS) is 13.8. The molecule has 0 aliphatic carbocycles. The zero-order valence-electron chi connectivity index (χ0n) is 9.02. The first-order valence-corrected chi connectivity index (χ1v) is 5.78. The number of carbonyl (C=O) groups excluding carboxylic acids is 1. The number of rotatable bonds is 1. The van der Waals surface area contributed by atoms with Gasteiger partial charge in [0.15, 0.2) is 0 Å². The fourth-order valence-electron chi connectivity index (χ4n) is 2.14. The van der Waals surface area contributed by atoms with Gasteiger partial charge < -0.3 is 9.32 Å². The number of para-hydroxylation sites is 1. The molecule has 1 aliphatic heterocycles. The minimum Gasteiger partial charge on any atom is -0.452 e. The van der Waals surface area contributed by atoms with E-state index in [0.29, 0.717) is 12.1 Å². The molecule has 2 aromatic rings. The Morgan fingerprint density at radius 3 is 2.88 bits per heavy atom. The van der Waals surface area contributed by atoms with Crippen molar-refractivity contribution in [3.05, 3.63) is 52.9 Å². The van der Waals surface area contributed by atoms with Gasteiger partial charge in [-0.05, 0) is 35.7 Å². The molecule has 0 unspecified atom stereocenters. The first kappa shape index (κ1) is 10.4. The Balaban J connectivity index is 1.98. The number of furan rings is 1. The van der Waals surface area contributed by atoms with E-state index in [1.54, 1.807) is 11.0 Å². The van der Waals surface area contributed by atoms with Gasteiger partial charge in [0, 0.05) is 12.2 Å². The topological polar surface area (TPSA) is 33.5 Å². The summed E-state index contributed by atoms with van der Waals surface area (Å²) in [5.74, 6) is -0.103. The molecule has 3 nitrogen and oxygen atoms in total. The molecule has 0 radical (unpaired) electrons. The molecule has 4 heteroatoms. The Kier molecular flexibility index (Phi) is 2.41. The summed E-state index contributed by atoms with van der Waals surface area (Å²) in [6.45, 7) is 0.694. The number of halogens is 1. The summed E-state index contributed by atoms with van der Waals surface area (Å²) in [6.07, 6.45) is 2.31. The Hall–Kier alpha value is -1.74. The molecule has 17 heavy (non-hydrogen) atoms. The molecule has 86 valence electrons. The number of hydrogen-bond donors (Lipinski definition) is 0. The van der Waals surface area contributed by atoms with E-state index in [2.05, 4.69) is 0 Å². The van der Waals surface area contributed by atoms with Gasteiger partial charge in [-0.3, -0.25) is 4.79 Å². The van der Waals surface area contributed by atoms with E-state index in [1.807, 2.05) is 24.3 Å². The molecule has 0 spiro atoms. The monoisotopic (exact) mass is 247 g/mol. The van der Waals surface area contributed by atoms with E-state index in [9.17, 15) is 4.79 Å². The highest BCUT2D eigenvalue weighted by Crippen LogP contribution is 2.30. The van der Waals surface area contributed by atoms with Gasteiger partial charge in [0.2, 0.25) is 5.22 Å². The van der Waals surface area contributed by atoms with Crippen LogP contribution in [0.3, 0.4) is 0 Å². The molecular formula is C13H10ClNO2. The van der Waals surface area contributed by atoms with Crippen LogP contribution in [0.4, 0.5) is 5.69 Å². The minimum absolute atomic E-state index is 0.103. The molecule has 0 atom stereocenters. The molecule has 1 amide bonds. The van der Waals surface area contributed by atoms with Gasteiger partial charge >= 0.3 is 0 Å². The summed E-state index contributed by atoms with van der Waals surface area (Å²) in [5.41, 5.74) is 2.58. The molecule has 1 aromatic heterocycles. The van der Waals surface area contributed by atoms with Crippen LogP contribution in [0, 0.1) is 0 Å². The molecule has 1 aliphatic rings. The van der Waals surface area contributed by atoms with Gasteiger partial charge in [-0.25, -0.2) is 0 Å². The van der Waals surface area contributed by atoms with Crippen LogP contribution in [0.2, 0.25) is 5.22 Å². The van der Waals surface area contributed by atoms with Crippen LogP contribution in [0.5, 0.6) is 0 Å². The number of anilines is 1. The van der Waals surface area contributed by atoms with Gasteiger partial charge in [-0.2, -0.15) is 0 Å². The minimum atomic E-state index is -0.103. The van der Waals surface area contributed by atoms with Crippen LogP contribution in [-0.4, -0.2) is 12.5 Å². The van der Waals surface area contributed by atoms with Crippen molar-refractivity contribution in [2.75, 3.05) is 11.4 Å². The average Bonchev–Trinajstić information content (AvgIpc) is 2.94. The van der Waals surface area contributed by atoms with Crippen LogP contribution in [0.25, 0.3) is 0 Å². The van der Waals surface area contributed by atoms with Gasteiger partial charge in [0.05, 0.1) is 11.8 Å². The number of amides is 1. The molecule has 0 saturated heterocycles. The third-order valence-electron chi connectivity index (χ3n) is 2.98. The molecule has 0 bridgehead atoms. The first-order chi connectivity index (χ1) is 8.27. The van der Waals surface area contributed by atoms with E-state index >= 15 is 0 Å². The molecular weight excluding hydrogens is 238 g/mol. The molecule has 0 fully saturated rings. The third-order valence-corrected chi connectivity index (χ3v) is 3.27. The molecule has 0 saturated carbocycles. The predicted octanol–water partition coefficient (Wildman–Crippen LogP) is 3.14. The Bertz CT molecular complexity index is 576. The van der Waals surface area contributed by atoms with Crippen molar-refractivity contribution in [2.45, 2.75) is 6.42 Å². The first-order valence-electron chi connectivity index (χ1n) is 5.40. The zero-order chi connectivity index (χ0) is 11.8. The number of fused-ring (bicyclic) bond motifs is 1. The summed E-state index contributed by atoms with van der Waals surface area (Å²) in [7, 11) is 0. The summed E-state index contributed by atoms with van der Waals surface area (Å²) >= 11 is 5.83. The van der Waals surface area contributed by atoms with Crippen LogP contribution in [-0.2, 0) is 6.42 Å². The van der Waals surface area contributed by atoms with E-state index in [4.69, 9.17) is 16.0 Å². The number of benzene rings is 1. The van der Waals surface area contributed by atoms with Gasteiger partial charge in [-0.1, -0.05) is 18.2 Å². The van der Waals surface area contributed by atoms with Crippen molar-refractivity contribution in [3.8, 4) is 0 Å². The van der Waals surface area contributed by atoms with Crippen molar-refractivity contribution in [1.29, 1.82) is 0 Å². The van der Waals surface area contributed by atoms with E-state index in [1.165, 1.54) is 11.8 Å².